The summed E-state index contributed by atoms with van der Waals surface area (Å²) >= 11 is 5.86. The lowest BCUT2D eigenvalue weighted by Gasteiger charge is -2.29. The van der Waals surface area contributed by atoms with Crippen LogP contribution in [-0.4, -0.2) is 41.6 Å². The van der Waals surface area contributed by atoms with Gasteiger partial charge in [0.05, 0.1) is 36.8 Å². The summed E-state index contributed by atoms with van der Waals surface area (Å²) in [4.78, 5) is 6.61. The molecule has 0 radical (unpaired) electrons. The zero-order valence-electron chi connectivity index (χ0n) is 21.9. The molecule has 0 spiro atoms. The van der Waals surface area contributed by atoms with Crippen LogP contribution in [0.2, 0.25) is 0 Å². The van der Waals surface area contributed by atoms with Gasteiger partial charge in [0.1, 0.15) is 11.5 Å². The van der Waals surface area contributed by atoms with Crippen LogP contribution >= 0.6 is 12.2 Å². The maximum absolute atomic E-state index is 12.1. The van der Waals surface area contributed by atoms with Crippen LogP contribution in [-0.2, 0) is 10.0 Å². The van der Waals surface area contributed by atoms with Crippen LogP contribution in [0.4, 0.5) is 11.4 Å². The number of methoxy groups -OCH3 is 1. The van der Waals surface area contributed by atoms with E-state index in [2.05, 4.69) is 32.6 Å². The van der Waals surface area contributed by atoms with Crippen molar-refractivity contribution >= 4 is 38.7 Å². The predicted molar refractivity (Wildman–Crippen MR) is 156 cm³/mol. The first kappa shape index (κ1) is 26.5. The lowest BCUT2D eigenvalue weighted by molar-refractivity contribution is 0.417. The first-order valence-corrected chi connectivity index (χ1v) is 14.5. The average Bonchev–Trinajstić information content (AvgIpc) is 3.39. The summed E-state index contributed by atoms with van der Waals surface area (Å²) in [7, 11) is -2.07. The minimum absolute atomic E-state index is 0.200. The standard InChI is InChI=1S/C28H29N5O4S2/c1-17-15-22(18(2)32(17)19-8-11-21(34)12-9-19)27-26(23-7-5-6-14-29-23)30-28(38)33(27)20-10-13-25(37-3)24(16-20)31-39(4,35)36/h5-16,26-27,31,34H,1-4H3,(H,30,38)/t26-,27+/m1/s1. The zero-order chi connectivity index (χ0) is 27.9. The molecule has 0 saturated carbocycles. The number of aryl methyl sites for hydroxylation is 1. The van der Waals surface area contributed by atoms with Gasteiger partial charge in [0.25, 0.3) is 0 Å². The second-order valence-corrected chi connectivity index (χ2v) is 11.6. The molecule has 0 amide bonds. The van der Waals surface area contributed by atoms with Gasteiger partial charge in [0, 0.05) is 29.0 Å². The molecule has 2 aromatic carbocycles. The van der Waals surface area contributed by atoms with E-state index in [0.717, 1.165) is 34.6 Å². The van der Waals surface area contributed by atoms with Gasteiger partial charge in [-0.3, -0.25) is 9.71 Å². The van der Waals surface area contributed by atoms with E-state index < -0.39 is 10.0 Å². The molecule has 0 aliphatic carbocycles. The summed E-state index contributed by atoms with van der Waals surface area (Å²) in [6.07, 6.45) is 2.85. The summed E-state index contributed by atoms with van der Waals surface area (Å²) in [6.45, 7) is 4.08. The summed E-state index contributed by atoms with van der Waals surface area (Å²) in [5, 5.41) is 13.7. The molecular formula is C28H29N5O4S2. The number of aromatic hydroxyl groups is 1. The highest BCUT2D eigenvalue weighted by Crippen LogP contribution is 2.45. The molecule has 3 N–H and O–H groups in total. The molecule has 5 rings (SSSR count). The normalized spacial score (nSPS) is 17.2. The van der Waals surface area contributed by atoms with Crippen LogP contribution < -0.4 is 19.7 Å². The number of anilines is 2. The van der Waals surface area contributed by atoms with Gasteiger partial charge in [0.15, 0.2) is 5.11 Å². The van der Waals surface area contributed by atoms with Crippen molar-refractivity contribution < 1.29 is 18.3 Å². The van der Waals surface area contributed by atoms with Crippen molar-refractivity contribution in [1.29, 1.82) is 0 Å². The Kier molecular flexibility index (Phi) is 6.96. The lowest BCUT2D eigenvalue weighted by atomic mass is 9.96. The minimum Gasteiger partial charge on any atom is -0.508 e. The second kappa shape index (κ2) is 10.2. The van der Waals surface area contributed by atoms with E-state index in [9.17, 15) is 13.5 Å². The Labute approximate surface area is 233 Å². The zero-order valence-corrected chi connectivity index (χ0v) is 23.5. The van der Waals surface area contributed by atoms with E-state index in [-0.39, 0.29) is 17.8 Å². The fourth-order valence-electron chi connectivity index (χ4n) is 5.16. The molecule has 2 atom stereocenters. The molecule has 0 bridgehead atoms. The Balaban J connectivity index is 1.68. The lowest BCUT2D eigenvalue weighted by Crippen LogP contribution is -2.29. The number of thiocarbonyl (C=S) groups is 1. The number of phenolic OH excluding ortho intramolecular Hbond substituents is 1. The van der Waals surface area contributed by atoms with Crippen LogP contribution in [0, 0.1) is 13.8 Å². The number of hydrogen-bond acceptors (Lipinski definition) is 6. The first-order chi connectivity index (χ1) is 18.6. The monoisotopic (exact) mass is 563 g/mol. The van der Waals surface area contributed by atoms with Crippen molar-refractivity contribution in [2.75, 3.05) is 23.0 Å². The third kappa shape index (κ3) is 5.15. The van der Waals surface area contributed by atoms with Gasteiger partial charge in [-0.1, -0.05) is 6.07 Å². The van der Waals surface area contributed by atoms with Gasteiger partial charge in [-0.05, 0) is 92.3 Å². The number of phenols is 1. The largest absolute Gasteiger partial charge is 0.508 e. The van der Waals surface area contributed by atoms with Gasteiger partial charge < -0.3 is 24.6 Å². The van der Waals surface area contributed by atoms with Crippen LogP contribution in [0.5, 0.6) is 11.5 Å². The molecule has 1 saturated heterocycles. The van der Waals surface area contributed by atoms with Crippen molar-refractivity contribution in [2.24, 2.45) is 0 Å². The highest BCUT2D eigenvalue weighted by atomic mass is 32.2. The van der Waals surface area contributed by atoms with Gasteiger partial charge in [0.2, 0.25) is 10.0 Å². The molecule has 9 nitrogen and oxygen atoms in total. The van der Waals surface area contributed by atoms with E-state index in [4.69, 9.17) is 17.0 Å². The fraction of sp³-hybridized carbons (Fsp3) is 0.214. The quantitative estimate of drug-likeness (QED) is 0.277. The first-order valence-electron chi connectivity index (χ1n) is 12.2. The van der Waals surface area contributed by atoms with Crippen molar-refractivity contribution in [3.05, 3.63) is 95.6 Å². The van der Waals surface area contributed by atoms with Crippen molar-refractivity contribution in [3.63, 3.8) is 0 Å². The maximum atomic E-state index is 12.1. The molecule has 4 aromatic rings. The highest BCUT2D eigenvalue weighted by molar-refractivity contribution is 7.92. The second-order valence-electron chi connectivity index (χ2n) is 9.43. The van der Waals surface area contributed by atoms with Crippen molar-refractivity contribution in [3.8, 4) is 17.2 Å². The molecule has 2 aromatic heterocycles. The molecule has 1 fully saturated rings. The summed E-state index contributed by atoms with van der Waals surface area (Å²) in [5.74, 6) is 0.594. The maximum Gasteiger partial charge on any atom is 0.229 e. The number of rotatable bonds is 7. The number of pyridine rings is 1. The molecule has 1 aliphatic rings. The summed E-state index contributed by atoms with van der Waals surface area (Å²) < 4.78 is 34.3. The fourth-order valence-corrected chi connectivity index (χ4v) is 6.07. The summed E-state index contributed by atoms with van der Waals surface area (Å²) in [6, 6.07) is 19.7. The third-order valence-corrected chi connectivity index (χ3v) is 7.66. The van der Waals surface area contributed by atoms with Gasteiger partial charge in [-0.2, -0.15) is 0 Å². The number of nitrogens with one attached hydrogen (secondary N) is 2. The number of sulfonamides is 1. The van der Waals surface area contributed by atoms with Crippen LogP contribution in [0.25, 0.3) is 5.69 Å². The molecule has 39 heavy (non-hydrogen) atoms. The van der Waals surface area contributed by atoms with E-state index in [1.54, 1.807) is 30.5 Å². The Bertz CT molecular complexity index is 1640. The van der Waals surface area contributed by atoms with Crippen molar-refractivity contribution in [1.82, 2.24) is 14.9 Å². The van der Waals surface area contributed by atoms with Crippen molar-refractivity contribution in [2.45, 2.75) is 25.9 Å². The molecule has 11 heteroatoms. The predicted octanol–water partition coefficient (Wildman–Crippen LogP) is 4.75. The highest BCUT2D eigenvalue weighted by Gasteiger charge is 2.42. The topological polar surface area (TPSA) is 109 Å². The van der Waals surface area contributed by atoms with Gasteiger partial charge >= 0.3 is 0 Å². The Morgan fingerprint density at radius 1 is 1.05 bits per heavy atom. The number of ether oxygens (including phenoxy) is 1. The molecule has 0 unspecified atom stereocenters. The number of benzene rings is 2. The number of nitrogens with zero attached hydrogens (tertiary/aromatic N) is 3. The average molecular weight is 564 g/mol. The molecule has 3 heterocycles. The summed E-state index contributed by atoms with van der Waals surface area (Å²) in [5.41, 5.74) is 5.80. The molecule has 202 valence electrons. The minimum atomic E-state index is -3.55. The van der Waals surface area contributed by atoms with E-state index in [1.807, 2.05) is 48.2 Å². The Hall–Kier alpha value is -4.09. The van der Waals surface area contributed by atoms with E-state index in [1.165, 1.54) is 7.11 Å². The van der Waals surface area contributed by atoms with Crippen LogP contribution in [0.3, 0.4) is 0 Å². The van der Waals surface area contributed by atoms with Gasteiger partial charge in [-0.25, -0.2) is 8.42 Å². The van der Waals surface area contributed by atoms with E-state index in [0.29, 0.717) is 22.2 Å². The Morgan fingerprint density at radius 3 is 2.41 bits per heavy atom. The number of hydrogen-bond donors (Lipinski definition) is 3. The SMILES string of the molecule is COc1ccc(N2C(=S)N[C@H](c3ccccn3)[C@@H]2c2cc(C)n(-c3ccc(O)cc3)c2C)cc1NS(C)(=O)=O. The number of aromatic nitrogens is 2. The van der Waals surface area contributed by atoms with Gasteiger partial charge in [-0.15, -0.1) is 0 Å². The van der Waals surface area contributed by atoms with E-state index >= 15 is 0 Å². The molecular weight excluding hydrogens is 534 g/mol. The van der Waals surface area contributed by atoms with Crippen LogP contribution in [0.1, 0.15) is 34.7 Å². The third-order valence-electron chi connectivity index (χ3n) is 6.75. The Morgan fingerprint density at radius 2 is 1.77 bits per heavy atom. The smallest absolute Gasteiger partial charge is 0.229 e. The van der Waals surface area contributed by atoms with Crippen LogP contribution in [0.15, 0.2) is 72.9 Å². The molecule has 1 aliphatic heterocycles.